The van der Waals surface area contributed by atoms with Gasteiger partial charge in [0.1, 0.15) is 5.76 Å². The molecular weight excluding hydrogens is 260 g/mol. The van der Waals surface area contributed by atoms with Crippen LogP contribution in [0.2, 0.25) is 0 Å². The predicted molar refractivity (Wildman–Crippen MR) is 70.1 cm³/mol. The molecule has 0 spiro atoms. The minimum Gasteiger partial charge on any atom is -0.361 e. The first-order chi connectivity index (χ1) is 9.66. The predicted octanol–water partition coefficient (Wildman–Crippen LogP) is 0.538. The number of hydrogen-bond acceptors (Lipinski definition) is 5. The lowest BCUT2D eigenvalue weighted by Gasteiger charge is -2.05. The number of carbonyl (C=O) groups excluding carboxylic acids is 2. The van der Waals surface area contributed by atoms with Gasteiger partial charge in [0.15, 0.2) is 5.69 Å². The maximum Gasteiger partial charge on any atom is 0.273 e. The summed E-state index contributed by atoms with van der Waals surface area (Å²) in [6.07, 6.45) is 3.07. The van der Waals surface area contributed by atoms with Crippen molar-refractivity contribution >= 4 is 11.8 Å². The van der Waals surface area contributed by atoms with Crippen molar-refractivity contribution in [2.45, 2.75) is 6.92 Å². The molecule has 0 aliphatic rings. The second kappa shape index (κ2) is 6.46. The van der Waals surface area contributed by atoms with Crippen molar-refractivity contribution in [1.82, 2.24) is 20.8 Å². The van der Waals surface area contributed by atoms with Crippen LogP contribution in [0.25, 0.3) is 0 Å². The summed E-state index contributed by atoms with van der Waals surface area (Å²) in [5, 5.41) is 8.90. The van der Waals surface area contributed by atoms with Crippen molar-refractivity contribution in [1.29, 1.82) is 0 Å². The second-order valence-corrected chi connectivity index (χ2v) is 4.08. The van der Waals surface area contributed by atoms with E-state index in [1.807, 2.05) is 0 Å². The van der Waals surface area contributed by atoms with E-state index in [2.05, 4.69) is 20.8 Å². The summed E-state index contributed by atoms with van der Waals surface area (Å²) in [5.74, 6) is 0.00198. The van der Waals surface area contributed by atoms with E-state index in [1.165, 1.54) is 6.20 Å². The minimum absolute atomic E-state index is 0.223. The fraction of sp³-hybridized carbons (Fsp3) is 0.231. The number of nitrogens with zero attached hydrogens (tertiary/aromatic N) is 2. The number of hydrogen-bond donors (Lipinski definition) is 2. The molecule has 0 fully saturated rings. The number of aromatic nitrogens is 2. The zero-order valence-electron chi connectivity index (χ0n) is 10.9. The van der Waals surface area contributed by atoms with Crippen LogP contribution in [0.3, 0.4) is 0 Å². The van der Waals surface area contributed by atoms with Gasteiger partial charge in [-0.15, -0.1) is 0 Å². The fourth-order valence-electron chi connectivity index (χ4n) is 1.52. The Morgan fingerprint density at radius 3 is 2.60 bits per heavy atom. The molecule has 0 aromatic carbocycles. The lowest BCUT2D eigenvalue weighted by Crippen LogP contribution is -2.34. The Hall–Kier alpha value is -2.70. The Bertz CT molecular complexity index is 595. The third-order valence-corrected chi connectivity index (χ3v) is 2.48. The third-order valence-electron chi connectivity index (χ3n) is 2.48. The molecule has 0 saturated heterocycles. The molecular formula is C13H14N4O3. The van der Waals surface area contributed by atoms with Crippen LogP contribution in [0.1, 0.15) is 26.6 Å². The molecule has 0 radical (unpaired) electrons. The van der Waals surface area contributed by atoms with Crippen molar-refractivity contribution in [2.24, 2.45) is 0 Å². The van der Waals surface area contributed by atoms with Crippen LogP contribution in [-0.4, -0.2) is 35.0 Å². The standard InChI is InChI=1S/C13H14N4O3/c1-9-7-11(17-20-9)13(19)16-6-5-15-12(18)10-3-2-4-14-8-10/h2-4,7-8H,5-6H2,1H3,(H,15,18)(H,16,19). The van der Waals surface area contributed by atoms with Crippen LogP contribution in [0, 0.1) is 6.92 Å². The van der Waals surface area contributed by atoms with E-state index in [1.54, 1.807) is 31.3 Å². The monoisotopic (exact) mass is 274 g/mol. The molecule has 2 N–H and O–H groups in total. The molecule has 2 aromatic heterocycles. The number of aryl methyl sites for hydroxylation is 1. The van der Waals surface area contributed by atoms with Gasteiger partial charge in [0, 0.05) is 31.5 Å². The number of carbonyl (C=O) groups is 2. The first-order valence-electron chi connectivity index (χ1n) is 6.06. The van der Waals surface area contributed by atoms with Crippen LogP contribution in [0.15, 0.2) is 35.1 Å². The molecule has 0 aliphatic carbocycles. The summed E-state index contributed by atoms with van der Waals surface area (Å²) >= 11 is 0. The van der Waals surface area contributed by atoms with Gasteiger partial charge in [-0.2, -0.15) is 0 Å². The van der Waals surface area contributed by atoms with Gasteiger partial charge in [0.2, 0.25) is 0 Å². The van der Waals surface area contributed by atoms with E-state index in [0.717, 1.165) is 0 Å². The Balaban J connectivity index is 1.72. The number of amides is 2. The third kappa shape index (κ3) is 3.64. The van der Waals surface area contributed by atoms with Gasteiger partial charge in [-0.1, -0.05) is 5.16 Å². The highest BCUT2D eigenvalue weighted by molar-refractivity contribution is 5.94. The molecule has 0 bridgehead atoms. The summed E-state index contributed by atoms with van der Waals surface area (Å²) < 4.78 is 4.80. The van der Waals surface area contributed by atoms with E-state index in [0.29, 0.717) is 24.4 Å². The average Bonchev–Trinajstić information content (AvgIpc) is 2.91. The van der Waals surface area contributed by atoms with Crippen molar-refractivity contribution in [2.75, 3.05) is 13.1 Å². The van der Waals surface area contributed by atoms with Crippen LogP contribution in [0.4, 0.5) is 0 Å². The highest BCUT2D eigenvalue weighted by Crippen LogP contribution is 2.00. The number of rotatable bonds is 5. The smallest absolute Gasteiger partial charge is 0.273 e. The van der Waals surface area contributed by atoms with Gasteiger partial charge in [0.05, 0.1) is 5.56 Å². The normalized spacial score (nSPS) is 10.1. The lowest BCUT2D eigenvalue weighted by atomic mass is 10.3. The quantitative estimate of drug-likeness (QED) is 0.775. The fourth-order valence-corrected chi connectivity index (χ4v) is 1.52. The van der Waals surface area contributed by atoms with E-state index in [-0.39, 0.29) is 17.5 Å². The Morgan fingerprint density at radius 1 is 1.25 bits per heavy atom. The van der Waals surface area contributed by atoms with E-state index < -0.39 is 0 Å². The maximum atomic E-state index is 11.7. The van der Waals surface area contributed by atoms with Crippen LogP contribution in [-0.2, 0) is 0 Å². The molecule has 20 heavy (non-hydrogen) atoms. The van der Waals surface area contributed by atoms with Gasteiger partial charge >= 0.3 is 0 Å². The van der Waals surface area contributed by atoms with E-state index in [4.69, 9.17) is 4.52 Å². The van der Waals surface area contributed by atoms with E-state index in [9.17, 15) is 9.59 Å². The van der Waals surface area contributed by atoms with Gasteiger partial charge in [-0.25, -0.2) is 0 Å². The molecule has 0 atom stereocenters. The summed E-state index contributed by atoms with van der Waals surface area (Å²) in [4.78, 5) is 27.1. The maximum absolute atomic E-state index is 11.7. The molecule has 2 aromatic rings. The van der Waals surface area contributed by atoms with Crippen molar-refractivity contribution < 1.29 is 14.1 Å². The first-order valence-corrected chi connectivity index (χ1v) is 6.06. The summed E-state index contributed by atoms with van der Waals surface area (Å²) in [7, 11) is 0. The van der Waals surface area contributed by atoms with Crippen molar-refractivity contribution in [3.8, 4) is 0 Å². The summed E-state index contributed by atoms with van der Waals surface area (Å²) in [5.41, 5.74) is 0.701. The zero-order valence-corrected chi connectivity index (χ0v) is 10.9. The Labute approximate surface area is 115 Å². The van der Waals surface area contributed by atoms with Crippen molar-refractivity contribution in [3.05, 3.63) is 47.6 Å². The zero-order chi connectivity index (χ0) is 14.4. The minimum atomic E-state index is -0.336. The Morgan fingerprint density at radius 2 is 2.00 bits per heavy atom. The Kier molecular flexibility index (Phi) is 4.43. The molecule has 0 aliphatic heterocycles. The summed E-state index contributed by atoms with van der Waals surface area (Å²) in [6, 6.07) is 4.90. The van der Waals surface area contributed by atoms with Gasteiger partial charge in [-0.3, -0.25) is 14.6 Å². The van der Waals surface area contributed by atoms with E-state index >= 15 is 0 Å². The largest absolute Gasteiger partial charge is 0.361 e. The molecule has 2 amide bonds. The molecule has 7 heteroatoms. The average molecular weight is 274 g/mol. The summed E-state index contributed by atoms with van der Waals surface area (Å²) in [6.45, 7) is 2.32. The molecule has 2 rings (SSSR count). The second-order valence-electron chi connectivity index (χ2n) is 4.08. The topological polar surface area (TPSA) is 97.1 Å². The molecule has 7 nitrogen and oxygen atoms in total. The van der Waals surface area contributed by atoms with Crippen LogP contribution < -0.4 is 10.6 Å². The highest BCUT2D eigenvalue weighted by atomic mass is 16.5. The SMILES string of the molecule is Cc1cc(C(=O)NCCNC(=O)c2cccnc2)no1. The number of pyridine rings is 1. The van der Waals surface area contributed by atoms with Gasteiger partial charge in [0.25, 0.3) is 11.8 Å². The van der Waals surface area contributed by atoms with Gasteiger partial charge in [-0.05, 0) is 19.1 Å². The van der Waals surface area contributed by atoms with Crippen LogP contribution >= 0.6 is 0 Å². The number of nitrogens with one attached hydrogen (secondary N) is 2. The van der Waals surface area contributed by atoms with Crippen molar-refractivity contribution in [3.63, 3.8) is 0 Å². The molecule has 2 heterocycles. The molecule has 0 saturated carbocycles. The first kappa shape index (κ1) is 13.7. The molecule has 0 unspecified atom stereocenters. The lowest BCUT2D eigenvalue weighted by molar-refractivity contribution is 0.0922. The van der Waals surface area contributed by atoms with Gasteiger partial charge < -0.3 is 15.2 Å². The van der Waals surface area contributed by atoms with Crippen LogP contribution in [0.5, 0.6) is 0 Å². The highest BCUT2D eigenvalue weighted by Gasteiger charge is 2.10. The molecule has 104 valence electrons.